The van der Waals surface area contributed by atoms with Crippen molar-refractivity contribution in [1.82, 2.24) is 0 Å². The third-order valence-corrected chi connectivity index (χ3v) is 3.89. The number of para-hydroxylation sites is 1. The van der Waals surface area contributed by atoms with Crippen LogP contribution in [0.3, 0.4) is 0 Å². The van der Waals surface area contributed by atoms with Crippen molar-refractivity contribution in [2.24, 2.45) is 0 Å². The standard InChI is InChI=1S/C19H20O3.V/c1-2-3-6-12-21-19(20)15-9-7-11-18-16(15)13-14-8-4-5-10-17(14)22-18;/h4-5,7-11H,2-3,6,12-13H2,1H3;. The normalized spacial score (nSPS) is 11.5. The predicted octanol–water partition coefficient (Wildman–Crippen LogP) is 4.73. The molecule has 0 saturated heterocycles. The molecule has 0 amide bonds. The molecule has 0 bridgehead atoms. The fourth-order valence-corrected chi connectivity index (χ4v) is 2.69. The topological polar surface area (TPSA) is 35.5 Å². The Bertz CT molecular complexity index is 682. The minimum Gasteiger partial charge on any atom is -0.462 e. The molecular weight excluding hydrogens is 327 g/mol. The number of benzene rings is 2. The summed E-state index contributed by atoms with van der Waals surface area (Å²) in [5.41, 5.74) is 2.63. The first-order valence-corrected chi connectivity index (χ1v) is 7.84. The minimum absolute atomic E-state index is 0. The summed E-state index contributed by atoms with van der Waals surface area (Å²) >= 11 is 0. The zero-order valence-electron chi connectivity index (χ0n) is 13.2. The first-order valence-electron chi connectivity index (χ1n) is 7.84. The Morgan fingerprint density at radius 1 is 1.09 bits per heavy atom. The van der Waals surface area contributed by atoms with Crippen LogP contribution in [0.1, 0.15) is 47.7 Å². The monoisotopic (exact) mass is 347 g/mol. The van der Waals surface area contributed by atoms with Gasteiger partial charge in [0, 0.05) is 30.5 Å². The Hall–Kier alpha value is -1.71. The van der Waals surface area contributed by atoms with Gasteiger partial charge in [0.15, 0.2) is 0 Å². The van der Waals surface area contributed by atoms with Crippen molar-refractivity contribution < 1.29 is 32.8 Å². The number of hydrogen-bond acceptors (Lipinski definition) is 3. The molecule has 1 aliphatic heterocycles. The molecule has 0 saturated carbocycles. The summed E-state index contributed by atoms with van der Waals surface area (Å²) in [6.07, 6.45) is 3.81. The number of carbonyl (C=O) groups is 1. The maximum atomic E-state index is 12.3. The van der Waals surface area contributed by atoms with Crippen LogP contribution in [0.5, 0.6) is 11.5 Å². The molecule has 0 fully saturated rings. The predicted molar refractivity (Wildman–Crippen MR) is 85.6 cm³/mol. The number of rotatable bonds is 5. The van der Waals surface area contributed by atoms with Gasteiger partial charge in [0.1, 0.15) is 11.5 Å². The van der Waals surface area contributed by atoms with E-state index in [4.69, 9.17) is 9.47 Å². The van der Waals surface area contributed by atoms with Gasteiger partial charge in [0.25, 0.3) is 0 Å². The summed E-state index contributed by atoms with van der Waals surface area (Å²) in [6.45, 7) is 2.61. The fraction of sp³-hybridized carbons (Fsp3) is 0.316. The first-order chi connectivity index (χ1) is 10.8. The molecule has 1 radical (unpaired) electrons. The third-order valence-electron chi connectivity index (χ3n) is 3.89. The zero-order valence-corrected chi connectivity index (χ0v) is 14.6. The van der Waals surface area contributed by atoms with Gasteiger partial charge in [-0.1, -0.05) is 44.0 Å². The van der Waals surface area contributed by atoms with Crippen molar-refractivity contribution in [3.63, 3.8) is 0 Å². The van der Waals surface area contributed by atoms with Crippen LogP contribution in [0.15, 0.2) is 42.5 Å². The molecule has 0 unspecified atom stereocenters. The molecule has 3 rings (SSSR count). The van der Waals surface area contributed by atoms with Gasteiger partial charge in [0.05, 0.1) is 12.2 Å². The summed E-state index contributed by atoms with van der Waals surface area (Å²) in [5.74, 6) is 1.36. The molecule has 1 heterocycles. The van der Waals surface area contributed by atoms with Crippen LogP contribution in [-0.2, 0) is 29.7 Å². The summed E-state index contributed by atoms with van der Waals surface area (Å²) in [7, 11) is 0. The number of hydrogen-bond donors (Lipinski definition) is 0. The fourth-order valence-electron chi connectivity index (χ4n) is 2.69. The molecule has 0 atom stereocenters. The van der Waals surface area contributed by atoms with Gasteiger partial charge in [-0.25, -0.2) is 4.79 Å². The van der Waals surface area contributed by atoms with Gasteiger partial charge in [0.2, 0.25) is 0 Å². The van der Waals surface area contributed by atoms with Crippen molar-refractivity contribution in [3.05, 3.63) is 59.2 Å². The van der Waals surface area contributed by atoms with Crippen LogP contribution < -0.4 is 4.74 Å². The second-order valence-corrected chi connectivity index (χ2v) is 5.51. The van der Waals surface area contributed by atoms with Crippen molar-refractivity contribution in [2.45, 2.75) is 32.6 Å². The molecule has 4 heteroatoms. The molecule has 1 aliphatic rings. The van der Waals surface area contributed by atoms with Crippen LogP contribution in [0.4, 0.5) is 0 Å². The molecule has 0 N–H and O–H groups in total. The van der Waals surface area contributed by atoms with Crippen LogP contribution in [0.25, 0.3) is 0 Å². The van der Waals surface area contributed by atoms with Gasteiger partial charge in [-0.3, -0.25) is 0 Å². The average Bonchev–Trinajstić information content (AvgIpc) is 2.56. The molecular formula is C19H20O3V. The van der Waals surface area contributed by atoms with Crippen LogP contribution in [0, 0.1) is 0 Å². The number of fused-ring (bicyclic) bond motifs is 2. The van der Waals surface area contributed by atoms with Gasteiger partial charge in [-0.2, -0.15) is 0 Å². The maximum Gasteiger partial charge on any atom is 0.338 e. The van der Waals surface area contributed by atoms with E-state index in [9.17, 15) is 4.79 Å². The Morgan fingerprint density at radius 3 is 2.70 bits per heavy atom. The zero-order chi connectivity index (χ0) is 15.4. The second kappa shape index (κ2) is 8.23. The van der Waals surface area contributed by atoms with Crippen LogP contribution in [0.2, 0.25) is 0 Å². The quantitative estimate of drug-likeness (QED) is 0.494. The van der Waals surface area contributed by atoms with E-state index in [2.05, 4.69) is 6.92 Å². The van der Waals surface area contributed by atoms with Gasteiger partial charge >= 0.3 is 5.97 Å². The van der Waals surface area contributed by atoms with Crippen molar-refractivity contribution >= 4 is 5.97 Å². The molecule has 119 valence electrons. The molecule has 2 aromatic rings. The average molecular weight is 347 g/mol. The summed E-state index contributed by atoms with van der Waals surface area (Å²) in [4.78, 5) is 12.3. The molecule has 2 aromatic carbocycles. The number of unbranched alkanes of at least 4 members (excludes halogenated alkanes) is 2. The number of esters is 1. The van der Waals surface area contributed by atoms with Crippen molar-refractivity contribution in [1.29, 1.82) is 0 Å². The van der Waals surface area contributed by atoms with Crippen LogP contribution >= 0.6 is 0 Å². The largest absolute Gasteiger partial charge is 0.462 e. The van der Waals surface area contributed by atoms with E-state index in [0.29, 0.717) is 18.6 Å². The number of carbonyl (C=O) groups excluding carboxylic acids is 1. The molecule has 0 spiro atoms. The second-order valence-electron chi connectivity index (χ2n) is 5.51. The summed E-state index contributed by atoms with van der Waals surface area (Å²) in [6, 6.07) is 13.5. The smallest absolute Gasteiger partial charge is 0.338 e. The molecule has 23 heavy (non-hydrogen) atoms. The van der Waals surface area contributed by atoms with Crippen LogP contribution in [-0.4, -0.2) is 12.6 Å². The molecule has 0 aromatic heterocycles. The third kappa shape index (κ3) is 3.98. The summed E-state index contributed by atoms with van der Waals surface area (Å²) < 4.78 is 11.3. The Labute approximate surface area is 148 Å². The first kappa shape index (κ1) is 17.6. The van der Waals surface area contributed by atoms with E-state index in [1.807, 2.05) is 42.5 Å². The Kier molecular flexibility index (Phi) is 6.32. The molecule has 3 nitrogen and oxygen atoms in total. The Morgan fingerprint density at radius 2 is 1.87 bits per heavy atom. The van der Waals surface area contributed by atoms with E-state index in [1.54, 1.807) is 0 Å². The molecule has 0 aliphatic carbocycles. The van der Waals surface area contributed by atoms with Crippen molar-refractivity contribution in [2.75, 3.05) is 6.61 Å². The van der Waals surface area contributed by atoms with Gasteiger partial charge in [-0.15, -0.1) is 0 Å². The van der Waals surface area contributed by atoms with Gasteiger partial charge < -0.3 is 9.47 Å². The van der Waals surface area contributed by atoms with E-state index < -0.39 is 0 Å². The maximum absolute atomic E-state index is 12.3. The van der Waals surface area contributed by atoms with E-state index in [-0.39, 0.29) is 24.5 Å². The van der Waals surface area contributed by atoms with E-state index in [1.165, 1.54) is 0 Å². The van der Waals surface area contributed by atoms with Crippen molar-refractivity contribution in [3.8, 4) is 11.5 Å². The SMILES string of the molecule is CCCCCOC(=O)c1cccc2c1Cc1ccccc1O2.[V]. The minimum atomic E-state index is -0.254. The Balaban J connectivity index is 0.00000192. The summed E-state index contributed by atoms with van der Waals surface area (Å²) in [5, 5.41) is 0. The van der Waals surface area contributed by atoms with E-state index >= 15 is 0 Å². The van der Waals surface area contributed by atoms with E-state index in [0.717, 1.165) is 41.9 Å². The number of ether oxygens (including phenoxy) is 2. The van der Waals surface area contributed by atoms with Gasteiger partial charge in [-0.05, 0) is 30.2 Å².